The average Bonchev–Trinajstić information content (AvgIpc) is 2.61. The van der Waals surface area contributed by atoms with Crippen molar-refractivity contribution < 1.29 is 14.3 Å². The van der Waals surface area contributed by atoms with Gasteiger partial charge in [-0.1, -0.05) is 11.3 Å². The minimum absolute atomic E-state index is 0. The summed E-state index contributed by atoms with van der Waals surface area (Å²) in [5.74, 6) is -0.308. The average molecular weight is 281 g/mol. The highest BCUT2D eigenvalue weighted by atomic mass is 35.5. The van der Waals surface area contributed by atoms with Gasteiger partial charge in [-0.25, -0.2) is 9.78 Å². The number of nitrogens with one attached hydrogen (secondary N) is 1. The van der Waals surface area contributed by atoms with Crippen LogP contribution in [0, 0.1) is 6.92 Å². The summed E-state index contributed by atoms with van der Waals surface area (Å²) in [5.41, 5.74) is 0.698. The van der Waals surface area contributed by atoms with Crippen LogP contribution in [0.3, 0.4) is 0 Å². The predicted molar refractivity (Wildman–Crippen MR) is 70.4 cm³/mol. The molecule has 0 saturated heterocycles. The van der Waals surface area contributed by atoms with E-state index in [1.54, 1.807) is 21.0 Å². The zero-order valence-corrected chi connectivity index (χ0v) is 11.7. The zero-order valence-electron chi connectivity index (χ0n) is 10.1. The number of aromatic nitrogens is 1. The largest absolute Gasteiger partial charge is 0.462 e. The van der Waals surface area contributed by atoms with Crippen LogP contribution in [-0.2, 0) is 9.47 Å². The normalized spacial score (nSPS) is 9.59. The summed E-state index contributed by atoms with van der Waals surface area (Å²) in [6.07, 6.45) is 0. The quantitative estimate of drug-likeness (QED) is 0.639. The molecule has 0 radical (unpaired) electrons. The van der Waals surface area contributed by atoms with Crippen molar-refractivity contribution in [3.05, 3.63) is 10.6 Å². The Kier molecular flexibility index (Phi) is 7.86. The van der Waals surface area contributed by atoms with E-state index in [2.05, 4.69) is 10.3 Å². The molecule has 0 aliphatic carbocycles. The Bertz CT molecular complexity index is 357. The van der Waals surface area contributed by atoms with E-state index in [1.165, 1.54) is 11.3 Å². The molecular formula is C10H17ClN2O3S. The molecule has 1 N–H and O–H groups in total. The summed E-state index contributed by atoms with van der Waals surface area (Å²) in [6, 6.07) is 0. The first-order chi connectivity index (χ1) is 7.69. The standard InChI is InChI=1S/C10H16N2O3S.ClH/c1-4-15-9(13)8-7(2)12-10(16-8)11-5-6-14-3;/h4-6H2,1-3H3,(H,11,12);1H. The van der Waals surface area contributed by atoms with Gasteiger partial charge in [0.1, 0.15) is 4.88 Å². The number of nitrogens with zero attached hydrogens (tertiary/aromatic N) is 1. The van der Waals surface area contributed by atoms with Crippen molar-refractivity contribution in [3.63, 3.8) is 0 Å². The van der Waals surface area contributed by atoms with Crippen molar-refractivity contribution in [1.82, 2.24) is 4.98 Å². The number of thiazole rings is 1. The van der Waals surface area contributed by atoms with Gasteiger partial charge in [-0.05, 0) is 13.8 Å². The van der Waals surface area contributed by atoms with Gasteiger partial charge in [-0.2, -0.15) is 0 Å². The Balaban J connectivity index is 0.00000256. The zero-order chi connectivity index (χ0) is 12.0. The minimum Gasteiger partial charge on any atom is -0.462 e. The fraction of sp³-hybridized carbons (Fsp3) is 0.600. The van der Waals surface area contributed by atoms with E-state index in [4.69, 9.17) is 9.47 Å². The summed E-state index contributed by atoms with van der Waals surface area (Å²) >= 11 is 1.31. The van der Waals surface area contributed by atoms with Crippen molar-refractivity contribution in [1.29, 1.82) is 0 Å². The van der Waals surface area contributed by atoms with Gasteiger partial charge in [0.2, 0.25) is 0 Å². The fourth-order valence-corrected chi connectivity index (χ4v) is 2.00. The van der Waals surface area contributed by atoms with Gasteiger partial charge in [0.05, 0.1) is 18.9 Å². The molecular weight excluding hydrogens is 264 g/mol. The van der Waals surface area contributed by atoms with Crippen LogP contribution in [0.1, 0.15) is 22.3 Å². The highest BCUT2D eigenvalue weighted by Crippen LogP contribution is 2.23. The highest BCUT2D eigenvalue weighted by molar-refractivity contribution is 7.17. The SMILES string of the molecule is CCOC(=O)c1sc(NCCOC)nc1C.Cl. The molecule has 1 aromatic rings. The third kappa shape index (κ3) is 4.89. The summed E-state index contributed by atoms with van der Waals surface area (Å²) in [5, 5.41) is 3.80. The predicted octanol–water partition coefficient (Wildman–Crippen LogP) is 2.11. The first-order valence-electron chi connectivity index (χ1n) is 5.06. The summed E-state index contributed by atoms with van der Waals surface area (Å²) in [7, 11) is 1.64. The molecule has 0 aliphatic rings. The molecule has 1 rings (SSSR count). The second kappa shape index (κ2) is 8.27. The van der Waals surface area contributed by atoms with Gasteiger partial charge < -0.3 is 14.8 Å². The van der Waals surface area contributed by atoms with Crippen LogP contribution in [-0.4, -0.2) is 37.8 Å². The third-order valence-electron chi connectivity index (χ3n) is 1.84. The molecule has 0 aromatic carbocycles. The van der Waals surface area contributed by atoms with Gasteiger partial charge >= 0.3 is 5.97 Å². The number of methoxy groups -OCH3 is 1. The summed E-state index contributed by atoms with van der Waals surface area (Å²) in [4.78, 5) is 16.3. The number of aryl methyl sites for hydroxylation is 1. The molecule has 0 unspecified atom stereocenters. The molecule has 0 amide bonds. The van der Waals surface area contributed by atoms with Crippen LogP contribution in [0.5, 0.6) is 0 Å². The summed E-state index contributed by atoms with van der Waals surface area (Å²) in [6.45, 7) is 5.23. The Morgan fingerprint density at radius 1 is 1.53 bits per heavy atom. The van der Waals surface area contributed by atoms with E-state index in [0.29, 0.717) is 30.3 Å². The maximum Gasteiger partial charge on any atom is 0.350 e. The monoisotopic (exact) mass is 280 g/mol. The van der Waals surface area contributed by atoms with E-state index in [-0.39, 0.29) is 18.4 Å². The maximum atomic E-state index is 11.5. The van der Waals surface area contributed by atoms with Crippen LogP contribution >= 0.6 is 23.7 Å². The Morgan fingerprint density at radius 3 is 2.82 bits per heavy atom. The van der Waals surface area contributed by atoms with Crippen LogP contribution in [0.25, 0.3) is 0 Å². The molecule has 0 spiro atoms. The number of esters is 1. The maximum absolute atomic E-state index is 11.5. The van der Waals surface area contributed by atoms with Gasteiger partial charge in [-0.15, -0.1) is 12.4 Å². The first-order valence-corrected chi connectivity index (χ1v) is 5.88. The van der Waals surface area contributed by atoms with E-state index in [1.807, 2.05) is 0 Å². The second-order valence-electron chi connectivity index (χ2n) is 3.07. The van der Waals surface area contributed by atoms with E-state index in [9.17, 15) is 4.79 Å². The number of carbonyl (C=O) groups is 1. The molecule has 0 fully saturated rings. The Labute approximate surface area is 111 Å². The molecule has 17 heavy (non-hydrogen) atoms. The van der Waals surface area contributed by atoms with E-state index < -0.39 is 0 Å². The van der Waals surface area contributed by atoms with Crippen molar-refractivity contribution in [2.45, 2.75) is 13.8 Å². The van der Waals surface area contributed by atoms with Crippen LogP contribution in [0.15, 0.2) is 0 Å². The molecule has 1 heterocycles. The molecule has 1 aromatic heterocycles. The number of hydrogen-bond donors (Lipinski definition) is 1. The number of rotatable bonds is 6. The Morgan fingerprint density at radius 2 is 2.24 bits per heavy atom. The lowest BCUT2D eigenvalue weighted by Gasteiger charge is -1.99. The molecule has 0 aliphatic heterocycles. The van der Waals surface area contributed by atoms with Crippen LogP contribution in [0.2, 0.25) is 0 Å². The van der Waals surface area contributed by atoms with Crippen LogP contribution in [0.4, 0.5) is 5.13 Å². The fourth-order valence-electron chi connectivity index (χ4n) is 1.12. The summed E-state index contributed by atoms with van der Waals surface area (Å²) < 4.78 is 9.84. The van der Waals surface area contributed by atoms with Gasteiger partial charge in [-0.3, -0.25) is 0 Å². The minimum atomic E-state index is -0.308. The molecule has 7 heteroatoms. The highest BCUT2D eigenvalue weighted by Gasteiger charge is 2.15. The van der Waals surface area contributed by atoms with Crippen molar-refractivity contribution >= 4 is 34.8 Å². The molecule has 0 bridgehead atoms. The number of ether oxygens (including phenoxy) is 2. The topological polar surface area (TPSA) is 60.5 Å². The van der Waals surface area contributed by atoms with E-state index >= 15 is 0 Å². The lowest BCUT2D eigenvalue weighted by Crippen LogP contribution is -2.06. The smallest absolute Gasteiger partial charge is 0.350 e. The first kappa shape index (κ1) is 16.1. The van der Waals surface area contributed by atoms with E-state index in [0.717, 1.165) is 5.13 Å². The second-order valence-corrected chi connectivity index (χ2v) is 4.07. The van der Waals surface area contributed by atoms with Gasteiger partial charge in [0, 0.05) is 13.7 Å². The molecule has 98 valence electrons. The molecule has 0 saturated carbocycles. The lowest BCUT2D eigenvalue weighted by molar-refractivity contribution is 0.0531. The number of hydrogen-bond acceptors (Lipinski definition) is 6. The number of halogens is 1. The number of carbonyl (C=O) groups excluding carboxylic acids is 1. The molecule has 0 atom stereocenters. The van der Waals surface area contributed by atoms with Crippen molar-refractivity contribution in [2.75, 3.05) is 32.2 Å². The van der Waals surface area contributed by atoms with Crippen LogP contribution < -0.4 is 5.32 Å². The lowest BCUT2D eigenvalue weighted by atomic mass is 10.4. The third-order valence-corrected chi connectivity index (χ3v) is 2.94. The van der Waals surface area contributed by atoms with Gasteiger partial charge in [0.25, 0.3) is 0 Å². The number of anilines is 1. The molecule has 5 nitrogen and oxygen atoms in total. The van der Waals surface area contributed by atoms with Crippen molar-refractivity contribution in [2.24, 2.45) is 0 Å². The Hall–Kier alpha value is -0.850. The van der Waals surface area contributed by atoms with Gasteiger partial charge in [0.15, 0.2) is 5.13 Å². The van der Waals surface area contributed by atoms with Crippen molar-refractivity contribution in [3.8, 4) is 0 Å².